The lowest BCUT2D eigenvalue weighted by molar-refractivity contribution is -0.384. The predicted octanol–water partition coefficient (Wildman–Crippen LogP) is 1.77. The molecule has 0 aromatic heterocycles. The second-order valence-corrected chi connectivity index (χ2v) is 6.13. The summed E-state index contributed by atoms with van der Waals surface area (Å²) in [5.74, 6) is -0.0131. The third kappa shape index (κ3) is 2.86. The molecule has 112 valence electrons. The first-order valence-electron chi connectivity index (χ1n) is 6.62. The van der Waals surface area contributed by atoms with E-state index in [1.165, 1.54) is 6.07 Å². The summed E-state index contributed by atoms with van der Waals surface area (Å²) in [7, 11) is 0. The fraction of sp³-hybridized carbons (Fsp3) is 0.462. The number of anilines is 1. The average Bonchev–Trinajstić information content (AvgIpc) is 2.85. The van der Waals surface area contributed by atoms with Crippen molar-refractivity contribution in [1.29, 1.82) is 0 Å². The van der Waals surface area contributed by atoms with Crippen LogP contribution in [0.15, 0.2) is 22.7 Å². The quantitative estimate of drug-likeness (QED) is 0.659. The van der Waals surface area contributed by atoms with Gasteiger partial charge in [-0.3, -0.25) is 14.9 Å². The molecule has 8 heteroatoms. The van der Waals surface area contributed by atoms with Crippen molar-refractivity contribution < 1.29 is 14.5 Å². The van der Waals surface area contributed by atoms with Crippen LogP contribution in [0, 0.1) is 10.1 Å². The molecule has 2 aliphatic rings. The van der Waals surface area contributed by atoms with Gasteiger partial charge in [0.2, 0.25) is 5.91 Å². The Morgan fingerprint density at radius 1 is 1.48 bits per heavy atom. The monoisotopic (exact) mass is 355 g/mol. The summed E-state index contributed by atoms with van der Waals surface area (Å²) in [4.78, 5) is 24.2. The Morgan fingerprint density at radius 2 is 2.29 bits per heavy atom. The number of nitro groups is 1. The lowest BCUT2D eigenvalue weighted by Crippen LogP contribution is -2.45. The van der Waals surface area contributed by atoms with Crippen molar-refractivity contribution in [2.24, 2.45) is 0 Å². The molecule has 3 rings (SSSR count). The highest BCUT2D eigenvalue weighted by atomic mass is 79.9. The number of fused-ring (bicyclic) bond motifs is 1. The molecule has 0 saturated carbocycles. The molecule has 2 aliphatic heterocycles. The van der Waals surface area contributed by atoms with Gasteiger partial charge in [-0.15, -0.1) is 0 Å². The topological polar surface area (TPSA) is 84.7 Å². The van der Waals surface area contributed by atoms with Crippen LogP contribution in [-0.4, -0.2) is 47.6 Å². The van der Waals surface area contributed by atoms with Crippen molar-refractivity contribution in [2.45, 2.75) is 18.5 Å². The van der Waals surface area contributed by atoms with Gasteiger partial charge in [0.1, 0.15) is 12.3 Å². The van der Waals surface area contributed by atoms with Gasteiger partial charge in [0.15, 0.2) is 0 Å². The zero-order valence-electron chi connectivity index (χ0n) is 11.1. The number of morpholine rings is 1. The van der Waals surface area contributed by atoms with Crippen LogP contribution < -0.4 is 5.32 Å². The van der Waals surface area contributed by atoms with Crippen molar-refractivity contribution in [3.63, 3.8) is 0 Å². The Hall–Kier alpha value is -1.67. The van der Waals surface area contributed by atoms with Crippen LogP contribution in [0.5, 0.6) is 0 Å². The minimum absolute atomic E-state index is 0.000487. The second-order valence-electron chi connectivity index (χ2n) is 5.21. The maximum absolute atomic E-state index is 11.8. The van der Waals surface area contributed by atoms with Crippen molar-refractivity contribution in [3.05, 3.63) is 32.8 Å². The molecule has 1 amide bonds. The fourth-order valence-corrected chi connectivity index (χ4v) is 3.20. The van der Waals surface area contributed by atoms with Crippen LogP contribution in [0.4, 0.5) is 11.4 Å². The molecular weight excluding hydrogens is 342 g/mol. The number of ether oxygens (including phenoxy) is 1. The lowest BCUT2D eigenvalue weighted by atomic mass is 10.1. The van der Waals surface area contributed by atoms with E-state index in [0.29, 0.717) is 23.3 Å². The van der Waals surface area contributed by atoms with E-state index < -0.39 is 4.92 Å². The Balaban J connectivity index is 1.76. The molecule has 0 aliphatic carbocycles. The molecule has 0 bridgehead atoms. The van der Waals surface area contributed by atoms with Gasteiger partial charge in [-0.2, -0.15) is 0 Å². The highest BCUT2D eigenvalue weighted by molar-refractivity contribution is 9.10. The minimum atomic E-state index is -0.413. The van der Waals surface area contributed by atoms with Gasteiger partial charge in [0, 0.05) is 23.1 Å². The van der Waals surface area contributed by atoms with Gasteiger partial charge in [-0.25, -0.2) is 0 Å². The van der Waals surface area contributed by atoms with Crippen molar-refractivity contribution in [2.75, 3.05) is 25.1 Å². The Labute approximate surface area is 129 Å². The number of hydrogen-bond acceptors (Lipinski definition) is 5. The minimum Gasteiger partial charge on any atom is -0.375 e. The van der Waals surface area contributed by atoms with Gasteiger partial charge in [-0.05, 0) is 18.6 Å². The number of rotatable bonds is 3. The summed E-state index contributed by atoms with van der Waals surface area (Å²) >= 11 is 3.23. The fourth-order valence-electron chi connectivity index (χ4n) is 2.85. The molecule has 2 heterocycles. The number of carbonyl (C=O) groups is 1. The second kappa shape index (κ2) is 5.61. The van der Waals surface area contributed by atoms with Gasteiger partial charge in [0.25, 0.3) is 5.69 Å². The Kier molecular flexibility index (Phi) is 3.81. The number of benzene rings is 1. The van der Waals surface area contributed by atoms with Crippen LogP contribution in [0.2, 0.25) is 0 Å². The number of nitrogens with zero attached hydrogens (tertiary/aromatic N) is 2. The molecule has 1 N–H and O–H groups in total. The largest absolute Gasteiger partial charge is 0.375 e. The van der Waals surface area contributed by atoms with E-state index in [9.17, 15) is 14.9 Å². The summed E-state index contributed by atoms with van der Waals surface area (Å²) in [6, 6.07) is 4.97. The van der Waals surface area contributed by atoms with E-state index in [4.69, 9.17) is 4.74 Å². The van der Waals surface area contributed by atoms with Crippen molar-refractivity contribution in [3.8, 4) is 0 Å². The maximum Gasteiger partial charge on any atom is 0.293 e. The van der Waals surface area contributed by atoms with E-state index in [-0.39, 0.29) is 30.3 Å². The van der Waals surface area contributed by atoms with E-state index in [0.717, 1.165) is 6.42 Å². The third-order valence-corrected chi connectivity index (χ3v) is 4.28. The van der Waals surface area contributed by atoms with E-state index in [1.807, 2.05) is 0 Å². The smallest absolute Gasteiger partial charge is 0.293 e. The van der Waals surface area contributed by atoms with Crippen LogP contribution in [0.3, 0.4) is 0 Å². The first kappa shape index (κ1) is 14.3. The van der Waals surface area contributed by atoms with E-state index in [1.54, 1.807) is 17.0 Å². The van der Waals surface area contributed by atoms with Crippen LogP contribution in [0.25, 0.3) is 0 Å². The Morgan fingerprint density at radius 3 is 3.00 bits per heavy atom. The molecular formula is C13H14BrN3O4. The third-order valence-electron chi connectivity index (χ3n) is 3.79. The van der Waals surface area contributed by atoms with E-state index >= 15 is 0 Å². The molecule has 1 aromatic rings. The van der Waals surface area contributed by atoms with Gasteiger partial charge in [0.05, 0.1) is 17.6 Å². The van der Waals surface area contributed by atoms with E-state index in [2.05, 4.69) is 21.2 Å². The summed E-state index contributed by atoms with van der Waals surface area (Å²) < 4.78 is 5.90. The molecule has 2 saturated heterocycles. The number of amides is 1. The summed E-state index contributed by atoms with van der Waals surface area (Å²) in [5, 5.41) is 14.3. The number of nitro benzene ring substituents is 1. The van der Waals surface area contributed by atoms with Crippen LogP contribution in [-0.2, 0) is 9.53 Å². The number of nitrogens with one attached hydrogen (secondary N) is 1. The molecule has 1 aromatic carbocycles. The average molecular weight is 356 g/mol. The SMILES string of the molecule is O=C1COC[C@@H]2CC(Nc3ccc(Br)cc3[N+](=O)[O-])CN12. The maximum atomic E-state index is 11.8. The van der Waals surface area contributed by atoms with Gasteiger partial charge >= 0.3 is 0 Å². The molecule has 1 unspecified atom stereocenters. The molecule has 2 atom stereocenters. The molecule has 0 radical (unpaired) electrons. The lowest BCUT2D eigenvalue weighted by Gasteiger charge is -2.28. The highest BCUT2D eigenvalue weighted by Crippen LogP contribution is 2.31. The van der Waals surface area contributed by atoms with Crippen LogP contribution in [0.1, 0.15) is 6.42 Å². The number of hydrogen-bond donors (Lipinski definition) is 1. The van der Waals surface area contributed by atoms with Crippen molar-refractivity contribution >= 4 is 33.2 Å². The van der Waals surface area contributed by atoms with Crippen molar-refractivity contribution in [1.82, 2.24) is 4.90 Å². The van der Waals surface area contributed by atoms with Gasteiger partial charge in [-0.1, -0.05) is 15.9 Å². The molecule has 7 nitrogen and oxygen atoms in total. The zero-order chi connectivity index (χ0) is 15.0. The first-order valence-corrected chi connectivity index (χ1v) is 7.41. The first-order chi connectivity index (χ1) is 10.0. The molecule has 2 fully saturated rings. The predicted molar refractivity (Wildman–Crippen MR) is 79.1 cm³/mol. The van der Waals surface area contributed by atoms with Gasteiger partial charge < -0.3 is 15.0 Å². The normalized spacial score (nSPS) is 24.8. The summed E-state index contributed by atoms with van der Waals surface area (Å²) in [5.41, 5.74) is 0.498. The highest BCUT2D eigenvalue weighted by Gasteiger charge is 2.38. The summed E-state index contributed by atoms with van der Waals surface area (Å²) in [6.45, 7) is 1.22. The molecule has 21 heavy (non-hydrogen) atoms. The Bertz CT molecular complexity index is 595. The zero-order valence-corrected chi connectivity index (χ0v) is 12.7. The standard InChI is InChI=1S/C13H14BrN3O4/c14-8-1-2-11(12(3-8)17(19)20)15-9-4-10-6-21-7-13(18)16(10)5-9/h1-3,9-10,15H,4-7H2/t9?,10-/m0/s1. The van der Waals surface area contributed by atoms with Crippen LogP contribution >= 0.6 is 15.9 Å². The number of halogens is 1. The number of carbonyl (C=O) groups excluding carboxylic acids is 1. The molecule has 0 spiro atoms. The summed E-state index contributed by atoms with van der Waals surface area (Å²) in [6.07, 6.45) is 0.735.